The van der Waals surface area contributed by atoms with Crippen LogP contribution in [0.3, 0.4) is 0 Å². The Bertz CT molecular complexity index is 491. The number of benzene rings is 1. The summed E-state index contributed by atoms with van der Waals surface area (Å²) in [5, 5.41) is 0. The molecule has 0 N–H and O–H groups in total. The zero-order valence-electron chi connectivity index (χ0n) is 13.9. The van der Waals surface area contributed by atoms with Crippen molar-refractivity contribution in [2.75, 3.05) is 32.9 Å². The van der Waals surface area contributed by atoms with Crippen LogP contribution in [0.25, 0.3) is 0 Å². The SMILES string of the molecule is CC.Cc1ccc(C(=O)N2CCOCC2)c(OCC2CC2)c1. The van der Waals surface area contributed by atoms with E-state index in [1.807, 2.05) is 43.9 Å². The summed E-state index contributed by atoms with van der Waals surface area (Å²) in [5.41, 5.74) is 1.80. The largest absolute Gasteiger partial charge is 0.492 e. The molecule has 0 radical (unpaired) electrons. The highest BCUT2D eigenvalue weighted by Crippen LogP contribution is 2.31. The van der Waals surface area contributed by atoms with Gasteiger partial charge in [0.2, 0.25) is 0 Å². The maximum Gasteiger partial charge on any atom is 0.257 e. The van der Waals surface area contributed by atoms with E-state index in [0.29, 0.717) is 37.8 Å². The minimum atomic E-state index is 0.0547. The summed E-state index contributed by atoms with van der Waals surface area (Å²) in [6.45, 7) is 9.31. The Labute approximate surface area is 133 Å². The molecule has 1 amide bonds. The second-order valence-corrected chi connectivity index (χ2v) is 5.66. The summed E-state index contributed by atoms with van der Waals surface area (Å²) in [6, 6.07) is 5.82. The predicted molar refractivity (Wildman–Crippen MR) is 87.5 cm³/mol. The van der Waals surface area contributed by atoms with E-state index < -0.39 is 0 Å². The fourth-order valence-corrected chi connectivity index (χ4v) is 2.35. The molecule has 1 heterocycles. The number of carbonyl (C=O) groups is 1. The van der Waals surface area contributed by atoms with Crippen LogP contribution < -0.4 is 4.74 Å². The molecule has 1 saturated heterocycles. The molecule has 22 heavy (non-hydrogen) atoms. The Morgan fingerprint density at radius 3 is 2.59 bits per heavy atom. The van der Waals surface area contributed by atoms with Crippen LogP contribution in [0.15, 0.2) is 18.2 Å². The second-order valence-electron chi connectivity index (χ2n) is 5.66. The van der Waals surface area contributed by atoms with Crippen LogP contribution in [0.5, 0.6) is 5.75 Å². The third kappa shape index (κ3) is 4.47. The molecule has 1 aliphatic carbocycles. The molecule has 122 valence electrons. The Hall–Kier alpha value is -1.55. The summed E-state index contributed by atoms with van der Waals surface area (Å²) in [7, 11) is 0. The first-order valence-electron chi connectivity index (χ1n) is 8.34. The lowest BCUT2D eigenvalue weighted by molar-refractivity contribution is 0.0300. The van der Waals surface area contributed by atoms with Crippen molar-refractivity contribution in [1.29, 1.82) is 0 Å². The summed E-state index contributed by atoms with van der Waals surface area (Å²) >= 11 is 0. The van der Waals surface area contributed by atoms with E-state index >= 15 is 0 Å². The van der Waals surface area contributed by atoms with E-state index in [1.54, 1.807) is 0 Å². The highest BCUT2D eigenvalue weighted by molar-refractivity contribution is 5.97. The molecule has 0 atom stereocenters. The second kappa shape index (κ2) is 8.18. The van der Waals surface area contributed by atoms with Crippen molar-refractivity contribution in [3.05, 3.63) is 29.3 Å². The highest BCUT2D eigenvalue weighted by atomic mass is 16.5. The van der Waals surface area contributed by atoms with E-state index in [2.05, 4.69) is 0 Å². The smallest absolute Gasteiger partial charge is 0.257 e. The van der Waals surface area contributed by atoms with E-state index in [1.165, 1.54) is 12.8 Å². The summed E-state index contributed by atoms with van der Waals surface area (Å²) in [6.07, 6.45) is 2.50. The van der Waals surface area contributed by atoms with Gasteiger partial charge in [0.15, 0.2) is 0 Å². The number of morpholine rings is 1. The van der Waals surface area contributed by atoms with Crippen LogP contribution in [0.1, 0.15) is 42.6 Å². The first kappa shape index (κ1) is 16.8. The van der Waals surface area contributed by atoms with Crippen molar-refractivity contribution in [3.63, 3.8) is 0 Å². The molecule has 1 aliphatic heterocycles. The van der Waals surface area contributed by atoms with Crippen LogP contribution in [0.4, 0.5) is 0 Å². The summed E-state index contributed by atoms with van der Waals surface area (Å²) in [5.74, 6) is 1.47. The van der Waals surface area contributed by atoms with E-state index in [4.69, 9.17) is 9.47 Å². The molecule has 4 nitrogen and oxygen atoms in total. The van der Waals surface area contributed by atoms with Crippen molar-refractivity contribution >= 4 is 5.91 Å². The van der Waals surface area contributed by atoms with Crippen molar-refractivity contribution in [2.24, 2.45) is 5.92 Å². The first-order valence-corrected chi connectivity index (χ1v) is 8.34. The number of nitrogens with zero attached hydrogens (tertiary/aromatic N) is 1. The van der Waals surface area contributed by atoms with E-state index in [0.717, 1.165) is 17.9 Å². The van der Waals surface area contributed by atoms with Gasteiger partial charge in [0.25, 0.3) is 5.91 Å². The Morgan fingerprint density at radius 1 is 1.27 bits per heavy atom. The standard InChI is InChI=1S/C16H21NO3.C2H6/c1-12-2-5-14(15(10-12)20-11-13-3-4-13)16(18)17-6-8-19-9-7-17;1-2/h2,5,10,13H,3-4,6-9,11H2,1H3;1-2H3. The molecule has 0 unspecified atom stereocenters. The van der Waals surface area contributed by atoms with Gasteiger partial charge in [-0.05, 0) is 43.4 Å². The molecule has 4 heteroatoms. The molecule has 3 rings (SSSR count). The lowest BCUT2D eigenvalue weighted by atomic mass is 10.1. The summed E-state index contributed by atoms with van der Waals surface area (Å²) in [4.78, 5) is 14.4. The molecule has 1 aromatic rings. The van der Waals surface area contributed by atoms with Crippen molar-refractivity contribution in [1.82, 2.24) is 4.90 Å². The number of amides is 1. The van der Waals surface area contributed by atoms with Crippen LogP contribution in [0.2, 0.25) is 0 Å². The van der Waals surface area contributed by atoms with Crippen LogP contribution in [-0.4, -0.2) is 43.7 Å². The van der Waals surface area contributed by atoms with Crippen molar-refractivity contribution in [3.8, 4) is 5.75 Å². The lowest BCUT2D eigenvalue weighted by Crippen LogP contribution is -2.40. The fraction of sp³-hybridized carbons (Fsp3) is 0.611. The number of hydrogen-bond acceptors (Lipinski definition) is 3. The Morgan fingerprint density at radius 2 is 1.95 bits per heavy atom. The van der Waals surface area contributed by atoms with Gasteiger partial charge < -0.3 is 14.4 Å². The maximum absolute atomic E-state index is 12.6. The molecule has 2 aliphatic rings. The minimum Gasteiger partial charge on any atom is -0.492 e. The molecule has 0 bridgehead atoms. The third-order valence-corrected chi connectivity index (χ3v) is 3.84. The van der Waals surface area contributed by atoms with E-state index in [9.17, 15) is 4.79 Å². The average Bonchev–Trinajstić information content (AvgIpc) is 3.39. The topological polar surface area (TPSA) is 38.8 Å². The number of aryl methyl sites for hydroxylation is 1. The minimum absolute atomic E-state index is 0.0547. The quantitative estimate of drug-likeness (QED) is 0.857. The number of hydrogen-bond donors (Lipinski definition) is 0. The van der Waals surface area contributed by atoms with Crippen LogP contribution in [0, 0.1) is 12.8 Å². The maximum atomic E-state index is 12.6. The van der Waals surface area contributed by atoms with Gasteiger partial charge in [0.1, 0.15) is 5.75 Å². The van der Waals surface area contributed by atoms with Gasteiger partial charge in [-0.25, -0.2) is 0 Å². The van der Waals surface area contributed by atoms with Crippen molar-refractivity contribution in [2.45, 2.75) is 33.6 Å². The summed E-state index contributed by atoms with van der Waals surface area (Å²) < 4.78 is 11.2. The lowest BCUT2D eigenvalue weighted by Gasteiger charge is -2.27. The molecule has 0 aromatic heterocycles. The van der Waals surface area contributed by atoms with Gasteiger partial charge in [0.05, 0.1) is 25.4 Å². The van der Waals surface area contributed by atoms with Gasteiger partial charge in [0, 0.05) is 13.1 Å². The zero-order valence-corrected chi connectivity index (χ0v) is 13.9. The average molecular weight is 305 g/mol. The predicted octanol–water partition coefficient (Wildman–Crippen LogP) is 3.28. The monoisotopic (exact) mass is 305 g/mol. The molecule has 0 spiro atoms. The number of rotatable bonds is 4. The van der Waals surface area contributed by atoms with Gasteiger partial charge in [-0.2, -0.15) is 0 Å². The van der Waals surface area contributed by atoms with Crippen molar-refractivity contribution < 1.29 is 14.3 Å². The van der Waals surface area contributed by atoms with Gasteiger partial charge >= 0.3 is 0 Å². The first-order chi connectivity index (χ1) is 10.7. The number of carbonyl (C=O) groups excluding carboxylic acids is 1. The van der Waals surface area contributed by atoms with Gasteiger partial charge in [-0.1, -0.05) is 19.9 Å². The molecular weight excluding hydrogens is 278 g/mol. The zero-order chi connectivity index (χ0) is 15.9. The molecular formula is C18H27NO3. The molecule has 1 saturated carbocycles. The molecule has 1 aromatic carbocycles. The Balaban J connectivity index is 0.000000847. The van der Waals surface area contributed by atoms with E-state index in [-0.39, 0.29) is 5.91 Å². The van der Waals surface area contributed by atoms with Crippen LogP contribution >= 0.6 is 0 Å². The molecule has 2 fully saturated rings. The fourth-order valence-electron chi connectivity index (χ4n) is 2.35. The number of ether oxygens (including phenoxy) is 2. The third-order valence-electron chi connectivity index (χ3n) is 3.84. The van der Waals surface area contributed by atoms with Crippen LogP contribution in [-0.2, 0) is 4.74 Å². The normalized spacial score (nSPS) is 17.5. The Kier molecular flexibility index (Phi) is 6.25. The van der Waals surface area contributed by atoms with Gasteiger partial charge in [-0.15, -0.1) is 0 Å². The van der Waals surface area contributed by atoms with Gasteiger partial charge in [-0.3, -0.25) is 4.79 Å². The highest BCUT2D eigenvalue weighted by Gasteiger charge is 2.25.